The van der Waals surface area contributed by atoms with E-state index in [0.29, 0.717) is 5.25 Å². The van der Waals surface area contributed by atoms with Crippen molar-refractivity contribution in [3.05, 3.63) is 0 Å². The summed E-state index contributed by atoms with van der Waals surface area (Å²) in [5.74, 6) is 0. The van der Waals surface area contributed by atoms with E-state index in [2.05, 4.69) is 6.92 Å². The van der Waals surface area contributed by atoms with Gasteiger partial charge in [0.15, 0.2) is 0 Å². The Bertz CT molecular complexity index is 108. The number of aliphatic hydroxyl groups is 1. The van der Waals surface area contributed by atoms with Gasteiger partial charge in [-0.15, -0.1) is 0 Å². The van der Waals surface area contributed by atoms with Crippen molar-refractivity contribution in [1.82, 2.24) is 0 Å². The Morgan fingerprint density at radius 1 is 1.27 bits per heavy atom. The van der Waals surface area contributed by atoms with E-state index in [9.17, 15) is 5.11 Å². The molecule has 1 rings (SSSR count). The van der Waals surface area contributed by atoms with Crippen molar-refractivity contribution in [1.29, 1.82) is 0 Å². The lowest BCUT2D eigenvalue weighted by Crippen LogP contribution is -2.18. The van der Waals surface area contributed by atoms with Crippen LogP contribution >= 0.6 is 11.8 Å². The van der Waals surface area contributed by atoms with Gasteiger partial charge in [-0.1, -0.05) is 19.8 Å². The van der Waals surface area contributed by atoms with E-state index in [-0.39, 0.29) is 6.10 Å². The molecule has 2 heteroatoms. The molecule has 1 saturated carbocycles. The van der Waals surface area contributed by atoms with Gasteiger partial charge >= 0.3 is 0 Å². The van der Waals surface area contributed by atoms with Gasteiger partial charge in [0.2, 0.25) is 0 Å². The Morgan fingerprint density at radius 3 is 2.27 bits per heavy atom. The summed E-state index contributed by atoms with van der Waals surface area (Å²) in [6, 6.07) is 0. The van der Waals surface area contributed by atoms with Crippen LogP contribution in [0.4, 0.5) is 0 Å². The van der Waals surface area contributed by atoms with E-state index in [1.165, 1.54) is 25.7 Å². The molecule has 1 fully saturated rings. The fraction of sp³-hybridized carbons (Fsp3) is 1.00. The molecule has 11 heavy (non-hydrogen) atoms. The van der Waals surface area contributed by atoms with Gasteiger partial charge < -0.3 is 5.11 Å². The summed E-state index contributed by atoms with van der Waals surface area (Å²) < 4.78 is 0. The summed E-state index contributed by atoms with van der Waals surface area (Å²) in [7, 11) is 0. The Balaban J connectivity index is 2.18. The third kappa shape index (κ3) is 3.04. The van der Waals surface area contributed by atoms with E-state index in [1.807, 2.05) is 18.7 Å². The second-order valence-electron chi connectivity index (χ2n) is 3.49. The molecule has 1 nitrogen and oxygen atoms in total. The Kier molecular flexibility index (Phi) is 3.73. The highest BCUT2D eigenvalue weighted by atomic mass is 32.2. The van der Waals surface area contributed by atoms with Gasteiger partial charge in [0, 0.05) is 10.5 Å². The average Bonchev–Trinajstić information content (AvgIpc) is 2.39. The number of rotatable bonds is 3. The summed E-state index contributed by atoms with van der Waals surface area (Å²) in [4.78, 5) is 0. The molecule has 0 aromatic heterocycles. The summed E-state index contributed by atoms with van der Waals surface area (Å²) in [6.07, 6.45) is 5.36. The zero-order valence-corrected chi connectivity index (χ0v) is 8.23. The van der Waals surface area contributed by atoms with Crippen LogP contribution in [0.5, 0.6) is 0 Å². The molecular weight excluding hydrogens is 156 g/mol. The lowest BCUT2D eigenvalue weighted by molar-refractivity contribution is 0.196. The van der Waals surface area contributed by atoms with Crippen molar-refractivity contribution in [3.8, 4) is 0 Å². The van der Waals surface area contributed by atoms with Gasteiger partial charge in [-0.2, -0.15) is 11.8 Å². The standard InChI is InChI=1S/C9H18OS/c1-7(10)8(2)11-9-5-3-4-6-9/h7-10H,3-6H2,1-2H3. The van der Waals surface area contributed by atoms with Gasteiger partial charge in [-0.3, -0.25) is 0 Å². The molecule has 0 spiro atoms. The Morgan fingerprint density at radius 2 is 1.82 bits per heavy atom. The van der Waals surface area contributed by atoms with Crippen LogP contribution in [-0.4, -0.2) is 21.7 Å². The summed E-state index contributed by atoms with van der Waals surface area (Å²) >= 11 is 1.97. The van der Waals surface area contributed by atoms with E-state index in [0.717, 1.165) is 5.25 Å². The Hall–Kier alpha value is 0.310. The minimum Gasteiger partial charge on any atom is -0.392 e. The monoisotopic (exact) mass is 174 g/mol. The minimum absolute atomic E-state index is 0.152. The van der Waals surface area contributed by atoms with Gasteiger partial charge in [0.25, 0.3) is 0 Å². The largest absolute Gasteiger partial charge is 0.392 e. The fourth-order valence-electron chi connectivity index (χ4n) is 1.44. The zero-order valence-electron chi connectivity index (χ0n) is 7.42. The highest BCUT2D eigenvalue weighted by Gasteiger charge is 2.20. The second-order valence-corrected chi connectivity index (χ2v) is 5.17. The highest BCUT2D eigenvalue weighted by molar-refractivity contribution is 8.00. The molecule has 1 N–H and O–H groups in total. The van der Waals surface area contributed by atoms with E-state index in [4.69, 9.17) is 0 Å². The van der Waals surface area contributed by atoms with Crippen molar-refractivity contribution in [2.45, 2.75) is 56.1 Å². The summed E-state index contributed by atoms with van der Waals surface area (Å²) in [5, 5.41) is 10.5. The normalized spacial score (nSPS) is 25.4. The van der Waals surface area contributed by atoms with E-state index in [1.54, 1.807) is 0 Å². The third-order valence-corrected chi connectivity index (χ3v) is 4.07. The quantitative estimate of drug-likeness (QED) is 0.709. The van der Waals surface area contributed by atoms with Gasteiger partial charge in [-0.05, 0) is 19.8 Å². The Labute approximate surface area is 73.6 Å². The molecule has 0 radical (unpaired) electrons. The van der Waals surface area contributed by atoms with Crippen LogP contribution in [0.15, 0.2) is 0 Å². The lowest BCUT2D eigenvalue weighted by atomic mass is 10.3. The first-order chi connectivity index (χ1) is 5.20. The summed E-state index contributed by atoms with van der Waals surface area (Å²) in [5.41, 5.74) is 0. The van der Waals surface area contributed by atoms with Crippen LogP contribution in [0.1, 0.15) is 39.5 Å². The number of aliphatic hydroxyl groups excluding tert-OH is 1. The lowest BCUT2D eigenvalue weighted by Gasteiger charge is -2.18. The molecule has 0 bridgehead atoms. The fourth-order valence-corrected chi connectivity index (χ4v) is 2.88. The summed E-state index contributed by atoms with van der Waals surface area (Å²) in [6.45, 7) is 4.00. The first kappa shape index (κ1) is 9.40. The number of hydrogen-bond donors (Lipinski definition) is 1. The van der Waals surface area contributed by atoms with Crippen LogP contribution in [0, 0.1) is 0 Å². The van der Waals surface area contributed by atoms with Crippen LogP contribution < -0.4 is 0 Å². The molecule has 0 heterocycles. The second kappa shape index (κ2) is 4.36. The van der Waals surface area contributed by atoms with Crippen molar-refractivity contribution in [2.24, 2.45) is 0 Å². The first-order valence-electron chi connectivity index (χ1n) is 4.53. The van der Waals surface area contributed by atoms with Crippen LogP contribution in [0.2, 0.25) is 0 Å². The van der Waals surface area contributed by atoms with Crippen LogP contribution in [0.3, 0.4) is 0 Å². The van der Waals surface area contributed by atoms with Crippen LogP contribution in [-0.2, 0) is 0 Å². The van der Waals surface area contributed by atoms with Crippen molar-refractivity contribution in [2.75, 3.05) is 0 Å². The molecule has 1 aliphatic carbocycles. The van der Waals surface area contributed by atoms with E-state index >= 15 is 0 Å². The SMILES string of the molecule is CC(O)C(C)SC1CCCC1. The predicted molar refractivity (Wildman–Crippen MR) is 51.0 cm³/mol. The smallest absolute Gasteiger partial charge is 0.0628 e. The molecule has 1 aliphatic rings. The van der Waals surface area contributed by atoms with Gasteiger partial charge in [0.05, 0.1) is 6.10 Å². The molecule has 0 aromatic rings. The maximum Gasteiger partial charge on any atom is 0.0628 e. The molecule has 0 saturated heterocycles. The molecule has 2 atom stereocenters. The topological polar surface area (TPSA) is 20.2 Å². The predicted octanol–water partition coefficient (Wildman–Crippen LogP) is 2.43. The van der Waals surface area contributed by atoms with Crippen molar-refractivity contribution < 1.29 is 5.11 Å². The first-order valence-corrected chi connectivity index (χ1v) is 5.48. The minimum atomic E-state index is -0.152. The molecule has 66 valence electrons. The average molecular weight is 174 g/mol. The van der Waals surface area contributed by atoms with Crippen LogP contribution in [0.25, 0.3) is 0 Å². The molecule has 0 aliphatic heterocycles. The van der Waals surface area contributed by atoms with Crippen molar-refractivity contribution >= 4 is 11.8 Å². The molecule has 0 amide bonds. The third-order valence-electron chi connectivity index (χ3n) is 2.39. The number of hydrogen-bond acceptors (Lipinski definition) is 2. The number of thioether (sulfide) groups is 1. The zero-order chi connectivity index (χ0) is 8.27. The molecule has 2 unspecified atom stereocenters. The van der Waals surface area contributed by atoms with Gasteiger partial charge in [-0.25, -0.2) is 0 Å². The maximum atomic E-state index is 9.26. The molecule has 0 aromatic carbocycles. The highest BCUT2D eigenvalue weighted by Crippen LogP contribution is 2.32. The van der Waals surface area contributed by atoms with Gasteiger partial charge in [0.1, 0.15) is 0 Å². The maximum absolute atomic E-state index is 9.26. The van der Waals surface area contributed by atoms with E-state index < -0.39 is 0 Å². The molecular formula is C9H18OS. The van der Waals surface area contributed by atoms with Crippen molar-refractivity contribution in [3.63, 3.8) is 0 Å².